The number of amides is 1. The van der Waals surface area contributed by atoms with Crippen LogP contribution in [0.3, 0.4) is 0 Å². The van der Waals surface area contributed by atoms with E-state index in [1.165, 1.54) is 25.5 Å². The molecule has 1 fully saturated rings. The van der Waals surface area contributed by atoms with Crippen LogP contribution >= 0.6 is 12.4 Å². The van der Waals surface area contributed by atoms with E-state index in [4.69, 9.17) is 10.2 Å². The monoisotopic (exact) mass is 348 g/mol. The first-order chi connectivity index (χ1) is 11.3. The highest BCUT2D eigenvalue weighted by Gasteiger charge is 2.27. The number of nitrogens with two attached hydrogens (primary N) is 1. The lowest BCUT2D eigenvalue weighted by Gasteiger charge is -2.34. The van der Waals surface area contributed by atoms with Crippen molar-refractivity contribution >= 4 is 18.3 Å². The molecule has 5 heteroatoms. The summed E-state index contributed by atoms with van der Waals surface area (Å²) in [6.45, 7) is 0.961. The minimum atomic E-state index is 0. The number of hydrogen-bond donors (Lipinski definition) is 1. The van der Waals surface area contributed by atoms with Gasteiger partial charge >= 0.3 is 0 Å². The summed E-state index contributed by atoms with van der Waals surface area (Å²) in [4.78, 5) is 15.0. The van der Waals surface area contributed by atoms with Crippen LogP contribution in [0.1, 0.15) is 53.8 Å². The first kappa shape index (κ1) is 18.6. The molecule has 1 saturated carbocycles. The Balaban J connectivity index is 0.00000208. The summed E-state index contributed by atoms with van der Waals surface area (Å²) in [5.74, 6) is 0.695. The number of benzene rings is 1. The fourth-order valence-electron chi connectivity index (χ4n) is 3.31. The van der Waals surface area contributed by atoms with Gasteiger partial charge in [-0.3, -0.25) is 4.79 Å². The molecule has 1 aliphatic carbocycles. The first-order valence-electron chi connectivity index (χ1n) is 8.40. The third-order valence-electron chi connectivity index (χ3n) is 4.57. The molecule has 0 unspecified atom stereocenters. The van der Waals surface area contributed by atoms with Crippen molar-refractivity contribution in [3.8, 4) is 0 Å². The molecule has 1 aliphatic rings. The molecule has 0 atom stereocenters. The fourth-order valence-corrected chi connectivity index (χ4v) is 3.31. The number of carbonyl (C=O) groups is 1. The van der Waals surface area contributed by atoms with Crippen LogP contribution in [0.5, 0.6) is 0 Å². The van der Waals surface area contributed by atoms with Crippen LogP contribution in [0.25, 0.3) is 0 Å². The van der Waals surface area contributed by atoms with Gasteiger partial charge in [-0.25, -0.2) is 0 Å². The van der Waals surface area contributed by atoms with E-state index in [-0.39, 0.29) is 18.3 Å². The van der Waals surface area contributed by atoms with Gasteiger partial charge < -0.3 is 15.1 Å². The number of carbonyl (C=O) groups excluding carboxylic acids is 1. The molecular formula is C19H25ClN2O2. The average molecular weight is 349 g/mol. The number of hydrogen-bond acceptors (Lipinski definition) is 3. The first-order valence-corrected chi connectivity index (χ1v) is 8.40. The molecule has 2 aromatic rings. The summed E-state index contributed by atoms with van der Waals surface area (Å²) in [5, 5.41) is 0. The predicted molar refractivity (Wildman–Crippen MR) is 97.0 cm³/mol. The van der Waals surface area contributed by atoms with Crippen LogP contribution in [0, 0.1) is 0 Å². The van der Waals surface area contributed by atoms with Gasteiger partial charge in [0.1, 0.15) is 12.0 Å². The van der Waals surface area contributed by atoms with Gasteiger partial charge in [-0.15, -0.1) is 12.4 Å². The SMILES string of the molecule is Cl.NCc1cc(C(=O)N(Cc2ccccc2)C2CCCCC2)co1. The van der Waals surface area contributed by atoms with Crippen LogP contribution in [0.15, 0.2) is 47.1 Å². The zero-order valence-electron chi connectivity index (χ0n) is 13.8. The lowest BCUT2D eigenvalue weighted by atomic mass is 9.93. The Morgan fingerprint density at radius 3 is 2.50 bits per heavy atom. The Hall–Kier alpha value is -1.78. The van der Waals surface area contributed by atoms with E-state index in [0.717, 1.165) is 18.4 Å². The van der Waals surface area contributed by atoms with E-state index < -0.39 is 0 Å². The van der Waals surface area contributed by atoms with E-state index in [9.17, 15) is 4.79 Å². The molecule has 130 valence electrons. The van der Waals surface area contributed by atoms with Crippen molar-refractivity contribution in [2.45, 2.75) is 51.2 Å². The minimum absolute atomic E-state index is 0. The molecule has 2 N–H and O–H groups in total. The van der Waals surface area contributed by atoms with Gasteiger partial charge in [0.2, 0.25) is 0 Å². The van der Waals surface area contributed by atoms with Gasteiger partial charge in [-0.05, 0) is 24.5 Å². The topological polar surface area (TPSA) is 59.5 Å². The van der Waals surface area contributed by atoms with E-state index in [1.807, 2.05) is 23.1 Å². The van der Waals surface area contributed by atoms with Gasteiger partial charge in [-0.1, -0.05) is 49.6 Å². The van der Waals surface area contributed by atoms with Gasteiger partial charge in [0.25, 0.3) is 5.91 Å². The van der Waals surface area contributed by atoms with E-state index in [2.05, 4.69) is 12.1 Å². The number of halogens is 1. The van der Waals surface area contributed by atoms with E-state index in [0.29, 0.717) is 30.5 Å². The number of nitrogens with zero attached hydrogens (tertiary/aromatic N) is 1. The summed E-state index contributed by atoms with van der Waals surface area (Å²) in [7, 11) is 0. The average Bonchev–Trinajstić information content (AvgIpc) is 3.10. The van der Waals surface area contributed by atoms with Crippen molar-refractivity contribution in [2.75, 3.05) is 0 Å². The molecule has 0 spiro atoms. The van der Waals surface area contributed by atoms with Crippen molar-refractivity contribution in [3.05, 3.63) is 59.5 Å². The Bertz CT molecular complexity index is 636. The molecule has 0 saturated heterocycles. The maximum absolute atomic E-state index is 13.0. The van der Waals surface area contributed by atoms with Crippen molar-refractivity contribution in [1.29, 1.82) is 0 Å². The largest absolute Gasteiger partial charge is 0.467 e. The van der Waals surface area contributed by atoms with Crippen molar-refractivity contribution in [3.63, 3.8) is 0 Å². The lowest BCUT2D eigenvalue weighted by molar-refractivity contribution is 0.0613. The molecule has 1 aromatic heterocycles. The summed E-state index contributed by atoms with van der Waals surface area (Å²) in [6, 6.07) is 12.3. The molecular weight excluding hydrogens is 324 g/mol. The maximum atomic E-state index is 13.0. The Labute approximate surface area is 149 Å². The minimum Gasteiger partial charge on any atom is -0.467 e. The molecule has 0 bridgehead atoms. The highest BCUT2D eigenvalue weighted by atomic mass is 35.5. The van der Waals surface area contributed by atoms with Crippen molar-refractivity contribution < 1.29 is 9.21 Å². The molecule has 4 nitrogen and oxygen atoms in total. The van der Waals surface area contributed by atoms with Crippen LogP contribution < -0.4 is 5.73 Å². The summed E-state index contributed by atoms with van der Waals surface area (Å²) >= 11 is 0. The molecule has 1 amide bonds. The second kappa shape index (κ2) is 8.90. The normalized spacial score (nSPS) is 14.9. The molecule has 1 heterocycles. The van der Waals surface area contributed by atoms with Crippen LogP contribution in [0.2, 0.25) is 0 Å². The molecule has 0 radical (unpaired) electrons. The zero-order chi connectivity index (χ0) is 16.1. The quantitative estimate of drug-likeness (QED) is 0.883. The summed E-state index contributed by atoms with van der Waals surface area (Å²) < 4.78 is 5.35. The zero-order valence-corrected chi connectivity index (χ0v) is 14.6. The highest BCUT2D eigenvalue weighted by molar-refractivity contribution is 5.94. The van der Waals surface area contributed by atoms with Gasteiger partial charge in [0.05, 0.1) is 12.1 Å². The maximum Gasteiger partial charge on any atom is 0.257 e. The smallest absolute Gasteiger partial charge is 0.257 e. The summed E-state index contributed by atoms with van der Waals surface area (Å²) in [6.07, 6.45) is 7.37. The second-order valence-electron chi connectivity index (χ2n) is 6.22. The highest BCUT2D eigenvalue weighted by Crippen LogP contribution is 2.26. The Kier molecular flexibility index (Phi) is 6.88. The predicted octanol–water partition coefficient (Wildman–Crippen LogP) is 4.14. The van der Waals surface area contributed by atoms with Crippen LogP contribution in [0.4, 0.5) is 0 Å². The standard InChI is InChI=1S/C19H24N2O2.ClH/c20-12-18-11-16(14-23-18)19(22)21(17-9-5-2-6-10-17)13-15-7-3-1-4-8-15;/h1,3-4,7-8,11,14,17H,2,5-6,9-10,12-13,20H2;1H. The van der Waals surface area contributed by atoms with Gasteiger partial charge in [-0.2, -0.15) is 0 Å². The van der Waals surface area contributed by atoms with Crippen LogP contribution in [-0.2, 0) is 13.1 Å². The third kappa shape index (κ3) is 4.40. The van der Waals surface area contributed by atoms with Gasteiger partial charge in [0, 0.05) is 12.6 Å². The molecule has 1 aromatic carbocycles. The Morgan fingerprint density at radius 2 is 1.88 bits per heavy atom. The second-order valence-corrected chi connectivity index (χ2v) is 6.22. The fraction of sp³-hybridized carbons (Fsp3) is 0.421. The van der Waals surface area contributed by atoms with Crippen LogP contribution in [-0.4, -0.2) is 16.8 Å². The lowest BCUT2D eigenvalue weighted by Crippen LogP contribution is -2.40. The Morgan fingerprint density at radius 1 is 1.17 bits per heavy atom. The van der Waals surface area contributed by atoms with E-state index >= 15 is 0 Å². The summed E-state index contributed by atoms with van der Waals surface area (Å²) in [5.41, 5.74) is 7.35. The molecule has 3 rings (SSSR count). The van der Waals surface area contributed by atoms with E-state index in [1.54, 1.807) is 6.07 Å². The number of rotatable bonds is 5. The third-order valence-corrected chi connectivity index (χ3v) is 4.57. The molecule has 24 heavy (non-hydrogen) atoms. The molecule has 0 aliphatic heterocycles. The van der Waals surface area contributed by atoms with Crippen molar-refractivity contribution in [1.82, 2.24) is 4.90 Å². The van der Waals surface area contributed by atoms with Crippen molar-refractivity contribution in [2.24, 2.45) is 5.73 Å². The number of furan rings is 1. The van der Waals surface area contributed by atoms with Gasteiger partial charge in [0.15, 0.2) is 0 Å².